The minimum Gasteiger partial charge on any atom is -0.494 e. The minimum atomic E-state index is -0.119. The number of nitrogens with one attached hydrogen (secondary N) is 1. The largest absolute Gasteiger partial charge is 0.494 e. The van der Waals surface area contributed by atoms with E-state index >= 15 is 0 Å². The van der Waals surface area contributed by atoms with Crippen LogP contribution in [-0.2, 0) is 0 Å². The van der Waals surface area contributed by atoms with Crippen LogP contribution in [0.3, 0.4) is 0 Å². The van der Waals surface area contributed by atoms with Gasteiger partial charge >= 0.3 is 6.03 Å². The third-order valence-corrected chi connectivity index (χ3v) is 4.58. The van der Waals surface area contributed by atoms with Gasteiger partial charge in [0, 0.05) is 24.5 Å². The second-order valence-corrected chi connectivity index (χ2v) is 6.93. The summed E-state index contributed by atoms with van der Waals surface area (Å²) in [6, 6.07) is 9.11. The number of ether oxygens (including phenoxy) is 2. The summed E-state index contributed by atoms with van der Waals surface area (Å²) in [7, 11) is 0. The number of piperidine rings is 1. The number of hydrogen-bond donors (Lipinski definition) is 1. The third-order valence-electron chi connectivity index (χ3n) is 4.58. The standard InChI is InChI=1S/C21H28N4O3/c1-3-4-14-27-18-9-7-17(8-10-18)24-21(26)25-13-5-6-19(15-25)28-20-11-12-22-16(2)23-20/h7-12,19H,3-6,13-15H2,1-2H3,(H,24,26). The molecule has 1 fully saturated rings. The molecule has 0 aliphatic carbocycles. The Bertz CT molecular complexity index is 767. The topological polar surface area (TPSA) is 76.6 Å². The van der Waals surface area contributed by atoms with Gasteiger partial charge in [-0.2, -0.15) is 4.98 Å². The normalized spacial score (nSPS) is 16.5. The van der Waals surface area contributed by atoms with Crippen molar-refractivity contribution in [2.45, 2.75) is 45.6 Å². The lowest BCUT2D eigenvalue weighted by Gasteiger charge is -2.32. The first-order valence-electron chi connectivity index (χ1n) is 9.89. The monoisotopic (exact) mass is 384 g/mol. The van der Waals surface area contributed by atoms with Gasteiger partial charge in [-0.1, -0.05) is 13.3 Å². The van der Waals surface area contributed by atoms with Crippen LogP contribution in [0.4, 0.5) is 10.5 Å². The average molecular weight is 384 g/mol. The highest BCUT2D eigenvalue weighted by atomic mass is 16.5. The summed E-state index contributed by atoms with van der Waals surface area (Å²) in [5.74, 6) is 2.04. The van der Waals surface area contributed by atoms with E-state index in [1.165, 1.54) is 0 Å². The highest BCUT2D eigenvalue weighted by molar-refractivity contribution is 5.89. The summed E-state index contributed by atoms with van der Waals surface area (Å²) in [6.07, 6.45) is 5.54. The Balaban J connectivity index is 1.51. The Morgan fingerprint density at radius 1 is 1.29 bits per heavy atom. The maximum atomic E-state index is 12.6. The molecule has 2 aromatic rings. The number of unbranched alkanes of at least 4 members (excludes halogenated alkanes) is 1. The first-order valence-corrected chi connectivity index (χ1v) is 9.89. The van der Waals surface area contributed by atoms with Gasteiger partial charge < -0.3 is 19.7 Å². The molecule has 7 nitrogen and oxygen atoms in total. The fourth-order valence-electron chi connectivity index (χ4n) is 3.06. The van der Waals surface area contributed by atoms with Crippen molar-refractivity contribution in [2.75, 3.05) is 25.0 Å². The van der Waals surface area contributed by atoms with E-state index in [4.69, 9.17) is 9.47 Å². The third kappa shape index (κ3) is 5.84. The van der Waals surface area contributed by atoms with Crippen LogP contribution < -0.4 is 14.8 Å². The van der Waals surface area contributed by atoms with E-state index in [-0.39, 0.29) is 12.1 Å². The number of anilines is 1. The Hall–Kier alpha value is -2.83. The summed E-state index contributed by atoms with van der Waals surface area (Å²) < 4.78 is 11.6. The van der Waals surface area contributed by atoms with Gasteiger partial charge in [0.1, 0.15) is 17.7 Å². The van der Waals surface area contributed by atoms with Crippen LogP contribution in [0.1, 0.15) is 38.4 Å². The number of nitrogens with zero attached hydrogens (tertiary/aromatic N) is 3. The molecule has 150 valence electrons. The number of carbonyl (C=O) groups excluding carboxylic acids is 1. The fourth-order valence-corrected chi connectivity index (χ4v) is 3.06. The Kier molecular flexibility index (Phi) is 7.06. The molecule has 1 aromatic heterocycles. The maximum absolute atomic E-state index is 12.6. The molecule has 0 radical (unpaired) electrons. The molecule has 28 heavy (non-hydrogen) atoms. The minimum absolute atomic E-state index is 0.0665. The van der Waals surface area contributed by atoms with Gasteiger partial charge in [0.15, 0.2) is 0 Å². The highest BCUT2D eigenvalue weighted by Gasteiger charge is 2.25. The Morgan fingerprint density at radius 3 is 2.86 bits per heavy atom. The number of urea groups is 1. The second kappa shape index (κ2) is 9.92. The van der Waals surface area contributed by atoms with Crippen LogP contribution in [0.15, 0.2) is 36.5 Å². The van der Waals surface area contributed by atoms with E-state index in [0.29, 0.717) is 31.4 Å². The van der Waals surface area contributed by atoms with Gasteiger partial charge in [-0.15, -0.1) is 0 Å². The lowest BCUT2D eigenvalue weighted by atomic mass is 10.1. The summed E-state index contributed by atoms with van der Waals surface area (Å²) in [4.78, 5) is 22.8. The van der Waals surface area contributed by atoms with Crippen molar-refractivity contribution in [3.05, 3.63) is 42.4 Å². The van der Waals surface area contributed by atoms with Crippen LogP contribution in [0.25, 0.3) is 0 Å². The zero-order chi connectivity index (χ0) is 19.8. The van der Waals surface area contributed by atoms with Crippen molar-refractivity contribution in [3.8, 4) is 11.6 Å². The van der Waals surface area contributed by atoms with Gasteiger partial charge in [0.2, 0.25) is 5.88 Å². The maximum Gasteiger partial charge on any atom is 0.321 e. The summed E-state index contributed by atoms with van der Waals surface area (Å²) >= 11 is 0. The number of hydrogen-bond acceptors (Lipinski definition) is 5. The van der Waals surface area contributed by atoms with Gasteiger partial charge in [-0.3, -0.25) is 0 Å². The molecule has 2 amide bonds. The average Bonchev–Trinajstić information content (AvgIpc) is 2.70. The van der Waals surface area contributed by atoms with E-state index in [9.17, 15) is 4.79 Å². The van der Waals surface area contributed by atoms with Gasteiger partial charge in [-0.05, 0) is 50.5 Å². The van der Waals surface area contributed by atoms with E-state index in [1.54, 1.807) is 17.2 Å². The SMILES string of the molecule is CCCCOc1ccc(NC(=O)N2CCCC(Oc3ccnc(C)n3)C2)cc1. The molecule has 1 unspecified atom stereocenters. The molecule has 2 heterocycles. The van der Waals surface area contributed by atoms with Crippen molar-refractivity contribution >= 4 is 11.7 Å². The Morgan fingerprint density at radius 2 is 2.11 bits per heavy atom. The summed E-state index contributed by atoms with van der Waals surface area (Å²) in [5.41, 5.74) is 0.752. The number of carbonyl (C=O) groups is 1. The van der Waals surface area contributed by atoms with Crippen LogP contribution >= 0.6 is 0 Å². The molecule has 7 heteroatoms. The lowest BCUT2D eigenvalue weighted by molar-refractivity contribution is 0.102. The van der Waals surface area contributed by atoms with E-state index in [0.717, 1.165) is 37.1 Å². The van der Waals surface area contributed by atoms with Crippen LogP contribution in [0.5, 0.6) is 11.6 Å². The van der Waals surface area contributed by atoms with E-state index < -0.39 is 0 Å². The molecule has 1 atom stereocenters. The van der Waals surface area contributed by atoms with Gasteiger partial charge in [0.25, 0.3) is 0 Å². The second-order valence-electron chi connectivity index (χ2n) is 6.93. The quantitative estimate of drug-likeness (QED) is 0.729. The van der Waals surface area contributed by atoms with Crippen LogP contribution in [-0.4, -0.2) is 46.7 Å². The molecule has 0 spiro atoms. The van der Waals surface area contributed by atoms with Crippen LogP contribution in [0, 0.1) is 6.92 Å². The number of aromatic nitrogens is 2. The molecule has 0 bridgehead atoms. The molecule has 1 saturated heterocycles. The highest BCUT2D eigenvalue weighted by Crippen LogP contribution is 2.19. The first kappa shape index (κ1) is 19.9. The molecule has 1 N–H and O–H groups in total. The van der Waals surface area contributed by atoms with Crippen molar-refractivity contribution in [3.63, 3.8) is 0 Å². The lowest BCUT2D eigenvalue weighted by Crippen LogP contribution is -2.46. The predicted octanol–water partition coefficient (Wildman–Crippen LogP) is 4.04. The van der Waals surface area contributed by atoms with Gasteiger partial charge in [-0.25, -0.2) is 9.78 Å². The number of amides is 2. The fraction of sp³-hybridized carbons (Fsp3) is 0.476. The summed E-state index contributed by atoms with van der Waals surface area (Å²) in [6.45, 7) is 5.92. The molecular weight excluding hydrogens is 356 g/mol. The molecular formula is C21H28N4O3. The smallest absolute Gasteiger partial charge is 0.321 e. The number of likely N-dealkylation sites (tertiary alicyclic amines) is 1. The predicted molar refractivity (Wildman–Crippen MR) is 108 cm³/mol. The summed E-state index contributed by atoms with van der Waals surface area (Å²) in [5, 5.41) is 2.95. The van der Waals surface area contributed by atoms with Crippen molar-refractivity contribution in [1.29, 1.82) is 0 Å². The number of rotatable bonds is 7. The van der Waals surface area contributed by atoms with E-state index in [1.807, 2.05) is 31.2 Å². The molecule has 1 aliphatic heterocycles. The first-order chi connectivity index (χ1) is 13.6. The molecule has 1 aromatic carbocycles. The zero-order valence-electron chi connectivity index (χ0n) is 16.6. The van der Waals surface area contributed by atoms with E-state index in [2.05, 4.69) is 22.2 Å². The zero-order valence-corrected chi connectivity index (χ0v) is 16.6. The van der Waals surface area contributed by atoms with Crippen LogP contribution in [0.2, 0.25) is 0 Å². The van der Waals surface area contributed by atoms with Crippen molar-refractivity contribution in [1.82, 2.24) is 14.9 Å². The molecule has 0 saturated carbocycles. The van der Waals surface area contributed by atoms with Gasteiger partial charge in [0.05, 0.1) is 13.2 Å². The Labute approximate surface area is 166 Å². The molecule has 1 aliphatic rings. The number of aryl methyl sites for hydroxylation is 1. The van der Waals surface area contributed by atoms with Crippen molar-refractivity contribution < 1.29 is 14.3 Å². The van der Waals surface area contributed by atoms with Crippen molar-refractivity contribution in [2.24, 2.45) is 0 Å². The molecule has 3 rings (SSSR count). The number of benzene rings is 1.